The van der Waals surface area contributed by atoms with Crippen molar-refractivity contribution in [1.29, 1.82) is 0 Å². The molecule has 0 atom stereocenters. The Kier molecular flexibility index (Phi) is 4.85. The summed E-state index contributed by atoms with van der Waals surface area (Å²) in [5, 5.41) is 15.6. The zero-order valence-electron chi connectivity index (χ0n) is 12.1. The average molecular weight is 321 g/mol. The summed E-state index contributed by atoms with van der Waals surface area (Å²) < 4.78 is 26.9. The molecule has 8 heteroatoms. The number of anilines is 2. The van der Waals surface area contributed by atoms with Crippen LogP contribution in [0.5, 0.6) is 0 Å². The summed E-state index contributed by atoms with van der Waals surface area (Å²) in [4.78, 5) is 21.7. The van der Waals surface area contributed by atoms with Gasteiger partial charge in [-0.15, -0.1) is 0 Å². The van der Waals surface area contributed by atoms with Crippen LogP contribution in [-0.4, -0.2) is 17.4 Å². The number of non-ortho nitro benzene ring substituents is 1. The molecule has 2 N–H and O–H groups in total. The van der Waals surface area contributed by atoms with E-state index in [2.05, 4.69) is 10.6 Å². The molecule has 0 heterocycles. The molecule has 2 aromatic rings. The van der Waals surface area contributed by atoms with Gasteiger partial charge in [0, 0.05) is 17.8 Å². The quantitative estimate of drug-likeness (QED) is 0.654. The number of benzene rings is 2. The zero-order valence-corrected chi connectivity index (χ0v) is 12.1. The minimum absolute atomic E-state index is 0.163. The normalized spacial score (nSPS) is 10.2. The second-order valence-electron chi connectivity index (χ2n) is 4.79. The number of hydrogen-bond acceptors (Lipinski definition) is 4. The first-order valence-corrected chi connectivity index (χ1v) is 6.60. The highest BCUT2D eigenvalue weighted by Crippen LogP contribution is 2.21. The van der Waals surface area contributed by atoms with E-state index in [1.165, 1.54) is 18.2 Å². The molecule has 0 aliphatic carbocycles. The van der Waals surface area contributed by atoms with Gasteiger partial charge in [-0.25, -0.2) is 8.78 Å². The van der Waals surface area contributed by atoms with E-state index >= 15 is 0 Å². The molecule has 0 radical (unpaired) electrons. The number of nitrogens with zero attached hydrogens (tertiary/aromatic N) is 1. The van der Waals surface area contributed by atoms with Crippen LogP contribution in [0.15, 0.2) is 36.4 Å². The van der Waals surface area contributed by atoms with Gasteiger partial charge in [0.2, 0.25) is 5.91 Å². The van der Waals surface area contributed by atoms with Crippen molar-refractivity contribution < 1.29 is 18.5 Å². The first kappa shape index (κ1) is 16.3. The highest BCUT2D eigenvalue weighted by Gasteiger charge is 2.12. The van der Waals surface area contributed by atoms with Crippen LogP contribution in [0.3, 0.4) is 0 Å². The van der Waals surface area contributed by atoms with Crippen LogP contribution >= 0.6 is 0 Å². The fourth-order valence-electron chi connectivity index (χ4n) is 1.81. The number of nitrogens with one attached hydrogen (secondary N) is 2. The van der Waals surface area contributed by atoms with Crippen molar-refractivity contribution in [2.45, 2.75) is 6.92 Å². The minimum atomic E-state index is -0.718. The molecule has 0 aliphatic rings. The van der Waals surface area contributed by atoms with Crippen LogP contribution in [-0.2, 0) is 4.79 Å². The Morgan fingerprint density at radius 1 is 1.17 bits per heavy atom. The molecule has 120 valence electrons. The predicted molar refractivity (Wildman–Crippen MR) is 81.3 cm³/mol. The number of hydrogen-bond donors (Lipinski definition) is 2. The maximum Gasteiger partial charge on any atom is 0.271 e. The molecule has 2 rings (SSSR count). The summed E-state index contributed by atoms with van der Waals surface area (Å²) in [6, 6.07) is 7.17. The van der Waals surface area contributed by atoms with Gasteiger partial charge in [-0.2, -0.15) is 0 Å². The topological polar surface area (TPSA) is 84.3 Å². The third-order valence-corrected chi connectivity index (χ3v) is 3.06. The smallest absolute Gasteiger partial charge is 0.271 e. The Morgan fingerprint density at radius 2 is 1.91 bits per heavy atom. The van der Waals surface area contributed by atoms with Crippen molar-refractivity contribution in [3.63, 3.8) is 0 Å². The van der Waals surface area contributed by atoms with E-state index in [0.29, 0.717) is 5.56 Å². The number of carbonyl (C=O) groups is 1. The number of amides is 1. The molecular formula is C15H13F2N3O3. The molecule has 0 aliphatic heterocycles. The summed E-state index contributed by atoms with van der Waals surface area (Å²) in [6.45, 7) is 1.27. The molecule has 6 nitrogen and oxygen atoms in total. The van der Waals surface area contributed by atoms with Crippen LogP contribution in [0.2, 0.25) is 0 Å². The molecule has 2 aromatic carbocycles. The first-order chi connectivity index (χ1) is 10.9. The fraction of sp³-hybridized carbons (Fsp3) is 0.133. The van der Waals surface area contributed by atoms with Crippen molar-refractivity contribution in [3.8, 4) is 0 Å². The van der Waals surface area contributed by atoms with Crippen LogP contribution in [0.4, 0.5) is 25.8 Å². The number of rotatable bonds is 5. The van der Waals surface area contributed by atoms with Gasteiger partial charge in [-0.1, -0.05) is 6.07 Å². The van der Waals surface area contributed by atoms with Crippen LogP contribution in [0, 0.1) is 28.7 Å². The lowest BCUT2D eigenvalue weighted by Gasteiger charge is -2.09. The van der Waals surface area contributed by atoms with E-state index in [1.807, 2.05) is 0 Å². The number of nitro benzene ring substituents is 1. The standard InChI is InChI=1S/C15H13F2N3O3/c1-9-2-3-10(6-13(9)17)19-15(21)8-18-14-7-11(20(22)23)4-5-12(14)16/h2-7,18H,8H2,1H3,(H,19,21). The van der Waals surface area contributed by atoms with E-state index in [1.54, 1.807) is 6.92 Å². The van der Waals surface area contributed by atoms with Crippen molar-refractivity contribution in [2.24, 2.45) is 0 Å². The predicted octanol–water partition coefficient (Wildman–Crippen LogP) is 3.23. The van der Waals surface area contributed by atoms with Crippen molar-refractivity contribution in [2.75, 3.05) is 17.2 Å². The van der Waals surface area contributed by atoms with Gasteiger partial charge in [0.05, 0.1) is 17.2 Å². The molecule has 0 aromatic heterocycles. The number of nitro groups is 1. The molecule has 0 saturated heterocycles. The summed E-state index contributed by atoms with van der Waals surface area (Å²) in [5.41, 5.74) is 0.249. The summed E-state index contributed by atoms with van der Waals surface area (Å²) in [6.07, 6.45) is 0. The van der Waals surface area contributed by atoms with Gasteiger partial charge >= 0.3 is 0 Å². The third-order valence-electron chi connectivity index (χ3n) is 3.06. The fourth-order valence-corrected chi connectivity index (χ4v) is 1.81. The highest BCUT2D eigenvalue weighted by atomic mass is 19.1. The van der Waals surface area contributed by atoms with Crippen LogP contribution in [0.25, 0.3) is 0 Å². The van der Waals surface area contributed by atoms with Gasteiger partial charge in [0.25, 0.3) is 5.69 Å². The Balaban J connectivity index is 2.00. The van der Waals surface area contributed by atoms with Gasteiger partial charge in [-0.05, 0) is 30.7 Å². The lowest BCUT2D eigenvalue weighted by atomic mass is 10.2. The maximum absolute atomic E-state index is 13.5. The van der Waals surface area contributed by atoms with E-state index in [4.69, 9.17) is 0 Å². The molecular weight excluding hydrogens is 308 g/mol. The van der Waals surface area contributed by atoms with E-state index in [0.717, 1.165) is 18.2 Å². The van der Waals surface area contributed by atoms with Gasteiger partial charge in [0.15, 0.2) is 0 Å². The second kappa shape index (κ2) is 6.82. The van der Waals surface area contributed by atoms with E-state index in [9.17, 15) is 23.7 Å². The van der Waals surface area contributed by atoms with Crippen molar-refractivity contribution in [3.05, 3.63) is 63.7 Å². The Morgan fingerprint density at radius 3 is 2.57 bits per heavy atom. The van der Waals surface area contributed by atoms with Gasteiger partial charge < -0.3 is 10.6 Å². The summed E-state index contributed by atoms with van der Waals surface area (Å²) in [5.74, 6) is -1.72. The minimum Gasteiger partial charge on any atom is -0.374 e. The highest BCUT2D eigenvalue weighted by molar-refractivity contribution is 5.93. The SMILES string of the molecule is Cc1ccc(NC(=O)CNc2cc([N+](=O)[O-])ccc2F)cc1F. The lowest BCUT2D eigenvalue weighted by molar-refractivity contribution is -0.384. The molecule has 0 unspecified atom stereocenters. The number of carbonyl (C=O) groups excluding carboxylic acids is 1. The van der Waals surface area contributed by atoms with Crippen molar-refractivity contribution >= 4 is 23.0 Å². The maximum atomic E-state index is 13.5. The second-order valence-corrected chi connectivity index (χ2v) is 4.79. The first-order valence-electron chi connectivity index (χ1n) is 6.60. The van der Waals surface area contributed by atoms with E-state index < -0.39 is 22.5 Å². The van der Waals surface area contributed by atoms with Crippen molar-refractivity contribution in [1.82, 2.24) is 0 Å². The van der Waals surface area contributed by atoms with E-state index in [-0.39, 0.29) is 23.6 Å². The summed E-state index contributed by atoms with van der Waals surface area (Å²) >= 11 is 0. The van der Waals surface area contributed by atoms with Gasteiger partial charge in [-0.3, -0.25) is 14.9 Å². The average Bonchev–Trinajstić information content (AvgIpc) is 2.50. The number of aryl methyl sites for hydroxylation is 1. The Labute approximate surface area is 130 Å². The Bertz CT molecular complexity index is 766. The Hall–Kier alpha value is -3.03. The molecule has 0 spiro atoms. The number of halogens is 2. The third kappa shape index (κ3) is 4.22. The zero-order chi connectivity index (χ0) is 17.0. The van der Waals surface area contributed by atoms with Gasteiger partial charge in [0.1, 0.15) is 11.6 Å². The molecule has 0 saturated carbocycles. The van der Waals surface area contributed by atoms with Crippen LogP contribution < -0.4 is 10.6 Å². The molecule has 0 fully saturated rings. The van der Waals surface area contributed by atoms with Crippen LogP contribution in [0.1, 0.15) is 5.56 Å². The lowest BCUT2D eigenvalue weighted by Crippen LogP contribution is -2.22. The monoisotopic (exact) mass is 321 g/mol. The molecule has 23 heavy (non-hydrogen) atoms. The largest absolute Gasteiger partial charge is 0.374 e. The molecule has 1 amide bonds. The summed E-state index contributed by atoms with van der Waals surface area (Å²) in [7, 11) is 0. The molecule has 0 bridgehead atoms.